The Kier molecular flexibility index (Phi) is 4.11. The summed E-state index contributed by atoms with van der Waals surface area (Å²) in [6, 6.07) is 0. The number of carboxylic acid groups (broad SMARTS) is 1. The molecule has 0 heterocycles. The SMILES string of the molecule is C=C(NCC)NCC(=O)O. The fourth-order valence-corrected chi connectivity index (χ4v) is 0.458. The molecule has 0 bridgehead atoms. The molecule has 58 valence electrons. The summed E-state index contributed by atoms with van der Waals surface area (Å²) in [6.45, 7) is 6.09. The molecule has 0 unspecified atom stereocenters. The normalized spacial score (nSPS) is 8.50. The number of aliphatic carboxylic acids is 1. The third kappa shape index (κ3) is 4.96. The van der Waals surface area contributed by atoms with Crippen molar-refractivity contribution in [1.29, 1.82) is 0 Å². The van der Waals surface area contributed by atoms with Gasteiger partial charge in [-0.05, 0) is 6.92 Å². The zero-order valence-corrected chi connectivity index (χ0v) is 5.98. The van der Waals surface area contributed by atoms with Crippen molar-refractivity contribution < 1.29 is 9.90 Å². The van der Waals surface area contributed by atoms with Crippen LogP contribution in [0.5, 0.6) is 0 Å². The highest BCUT2D eigenvalue weighted by Gasteiger charge is 1.94. The van der Waals surface area contributed by atoms with Crippen LogP contribution in [0.2, 0.25) is 0 Å². The highest BCUT2D eigenvalue weighted by atomic mass is 16.4. The van der Waals surface area contributed by atoms with Crippen LogP contribution in [-0.2, 0) is 4.79 Å². The van der Waals surface area contributed by atoms with E-state index in [4.69, 9.17) is 5.11 Å². The molecule has 10 heavy (non-hydrogen) atoms. The number of nitrogens with one attached hydrogen (secondary N) is 2. The first-order valence-electron chi connectivity index (χ1n) is 3.05. The predicted octanol–water partition coefficient (Wildman–Crippen LogP) is -0.259. The lowest BCUT2D eigenvalue weighted by atomic mass is 10.6. The van der Waals surface area contributed by atoms with Crippen LogP contribution in [0.3, 0.4) is 0 Å². The van der Waals surface area contributed by atoms with Crippen molar-refractivity contribution in [3.8, 4) is 0 Å². The van der Waals surface area contributed by atoms with Gasteiger partial charge < -0.3 is 15.7 Å². The van der Waals surface area contributed by atoms with Crippen molar-refractivity contribution in [2.24, 2.45) is 0 Å². The van der Waals surface area contributed by atoms with E-state index >= 15 is 0 Å². The molecular weight excluding hydrogens is 132 g/mol. The van der Waals surface area contributed by atoms with Gasteiger partial charge in [-0.2, -0.15) is 0 Å². The minimum absolute atomic E-state index is 0.0914. The molecule has 0 fully saturated rings. The maximum atomic E-state index is 9.98. The molecule has 0 aromatic carbocycles. The minimum Gasteiger partial charge on any atom is -0.480 e. The van der Waals surface area contributed by atoms with Crippen molar-refractivity contribution in [3.05, 3.63) is 12.4 Å². The van der Waals surface area contributed by atoms with Gasteiger partial charge in [0.25, 0.3) is 0 Å². The van der Waals surface area contributed by atoms with E-state index in [1.807, 2.05) is 6.92 Å². The van der Waals surface area contributed by atoms with Crippen LogP contribution in [0.1, 0.15) is 6.92 Å². The van der Waals surface area contributed by atoms with E-state index in [9.17, 15) is 4.79 Å². The van der Waals surface area contributed by atoms with Crippen LogP contribution >= 0.6 is 0 Å². The second-order valence-corrected chi connectivity index (χ2v) is 1.76. The molecule has 0 rings (SSSR count). The van der Waals surface area contributed by atoms with E-state index in [0.29, 0.717) is 5.82 Å². The monoisotopic (exact) mass is 144 g/mol. The summed E-state index contributed by atoms with van der Waals surface area (Å²) in [5.74, 6) is -0.344. The third-order valence-corrected chi connectivity index (χ3v) is 0.843. The van der Waals surface area contributed by atoms with Gasteiger partial charge in [-0.1, -0.05) is 6.58 Å². The Morgan fingerprint density at radius 2 is 2.20 bits per heavy atom. The zero-order valence-electron chi connectivity index (χ0n) is 5.98. The molecule has 0 aliphatic rings. The zero-order chi connectivity index (χ0) is 7.98. The fourth-order valence-electron chi connectivity index (χ4n) is 0.458. The first-order chi connectivity index (χ1) is 4.66. The molecule has 4 heteroatoms. The van der Waals surface area contributed by atoms with Gasteiger partial charge in [-0.25, -0.2) is 0 Å². The van der Waals surface area contributed by atoms with Crippen molar-refractivity contribution in [2.75, 3.05) is 13.1 Å². The average molecular weight is 144 g/mol. The van der Waals surface area contributed by atoms with Crippen LogP contribution in [0.15, 0.2) is 12.4 Å². The number of carboxylic acids is 1. The second-order valence-electron chi connectivity index (χ2n) is 1.76. The van der Waals surface area contributed by atoms with Crippen LogP contribution in [0.25, 0.3) is 0 Å². The molecule has 0 aliphatic carbocycles. The summed E-state index contributed by atoms with van der Waals surface area (Å²) in [5.41, 5.74) is 0. The Morgan fingerprint density at radius 3 is 2.60 bits per heavy atom. The van der Waals surface area contributed by atoms with E-state index in [1.54, 1.807) is 0 Å². The maximum absolute atomic E-state index is 9.98. The van der Waals surface area contributed by atoms with Crippen molar-refractivity contribution in [3.63, 3.8) is 0 Å². The first-order valence-corrected chi connectivity index (χ1v) is 3.05. The van der Waals surface area contributed by atoms with Crippen LogP contribution in [0, 0.1) is 0 Å². The van der Waals surface area contributed by atoms with Gasteiger partial charge in [0.1, 0.15) is 6.54 Å². The summed E-state index contributed by atoms with van der Waals surface area (Å²) < 4.78 is 0. The van der Waals surface area contributed by atoms with Gasteiger partial charge in [0, 0.05) is 6.54 Å². The Morgan fingerprint density at radius 1 is 1.60 bits per heavy atom. The van der Waals surface area contributed by atoms with Crippen molar-refractivity contribution >= 4 is 5.97 Å². The van der Waals surface area contributed by atoms with Gasteiger partial charge in [0.2, 0.25) is 0 Å². The Labute approximate surface area is 59.9 Å². The Balaban J connectivity index is 3.30. The predicted molar refractivity (Wildman–Crippen MR) is 38.5 cm³/mol. The first kappa shape index (κ1) is 8.81. The topological polar surface area (TPSA) is 61.4 Å². The standard InChI is InChI=1S/C6H12N2O2/c1-3-7-5(2)8-4-6(9)10/h7-8H,2-4H2,1H3,(H,9,10). The van der Waals surface area contributed by atoms with E-state index in [-0.39, 0.29) is 6.54 Å². The molecule has 0 radical (unpaired) electrons. The smallest absolute Gasteiger partial charge is 0.322 e. The largest absolute Gasteiger partial charge is 0.480 e. The Hall–Kier alpha value is -1.19. The second kappa shape index (κ2) is 4.67. The summed E-state index contributed by atoms with van der Waals surface area (Å²) >= 11 is 0. The minimum atomic E-state index is -0.890. The van der Waals surface area contributed by atoms with Gasteiger partial charge in [-0.3, -0.25) is 4.79 Å². The Bertz CT molecular complexity index is 134. The lowest BCUT2D eigenvalue weighted by molar-refractivity contribution is -0.135. The molecule has 0 saturated heterocycles. The molecular formula is C6H12N2O2. The number of hydrogen-bond acceptors (Lipinski definition) is 3. The lowest BCUT2D eigenvalue weighted by Crippen LogP contribution is -2.29. The highest BCUT2D eigenvalue weighted by molar-refractivity contribution is 5.69. The summed E-state index contributed by atoms with van der Waals surface area (Å²) in [4.78, 5) is 9.98. The molecule has 3 N–H and O–H groups in total. The molecule has 0 aromatic rings. The molecule has 0 aliphatic heterocycles. The lowest BCUT2D eigenvalue weighted by Gasteiger charge is -2.06. The molecule has 0 aromatic heterocycles. The number of rotatable bonds is 5. The van der Waals surface area contributed by atoms with Crippen molar-refractivity contribution in [1.82, 2.24) is 10.6 Å². The molecule has 0 spiro atoms. The van der Waals surface area contributed by atoms with E-state index in [2.05, 4.69) is 17.2 Å². The van der Waals surface area contributed by atoms with E-state index in [1.165, 1.54) is 0 Å². The van der Waals surface area contributed by atoms with Crippen LogP contribution in [0.4, 0.5) is 0 Å². The van der Waals surface area contributed by atoms with E-state index in [0.717, 1.165) is 6.54 Å². The van der Waals surface area contributed by atoms with Crippen LogP contribution < -0.4 is 10.6 Å². The molecule has 0 saturated carbocycles. The van der Waals surface area contributed by atoms with Crippen LogP contribution in [-0.4, -0.2) is 24.2 Å². The quantitative estimate of drug-likeness (QED) is 0.497. The maximum Gasteiger partial charge on any atom is 0.322 e. The number of carbonyl (C=O) groups is 1. The highest BCUT2D eigenvalue weighted by Crippen LogP contribution is 1.73. The summed E-state index contributed by atoms with van der Waals surface area (Å²) in [5, 5.41) is 13.6. The fraction of sp³-hybridized carbons (Fsp3) is 0.500. The van der Waals surface area contributed by atoms with Gasteiger partial charge in [0.15, 0.2) is 0 Å². The summed E-state index contributed by atoms with van der Waals surface area (Å²) in [7, 11) is 0. The molecule has 4 nitrogen and oxygen atoms in total. The molecule has 0 atom stereocenters. The molecule has 0 amide bonds. The number of hydrogen-bond donors (Lipinski definition) is 3. The average Bonchev–Trinajstić information content (AvgIpc) is 1.85. The van der Waals surface area contributed by atoms with Gasteiger partial charge >= 0.3 is 5.97 Å². The summed E-state index contributed by atoms with van der Waals surface area (Å²) in [6.07, 6.45) is 0. The van der Waals surface area contributed by atoms with E-state index < -0.39 is 5.97 Å². The third-order valence-electron chi connectivity index (χ3n) is 0.843. The van der Waals surface area contributed by atoms with Gasteiger partial charge in [-0.15, -0.1) is 0 Å². The van der Waals surface area contributed by atoms with Gasteiger partial charge in [0.05, 0.1) is 5.82 Å². The van der Waals surface area contributed by atoms with Crippen molar-refractivity contribution in [2.45, 2.75) is 6.92 Å².